The van der Waals surface area contributed by atoms with Crippen molar-refractivity contribution in [1.82, 2.24) is 5.32 Å². The standard InChI is InChI=1S/C45H85NO5/c1-3-5-7-9-11-13-14-15-16-19-23-27-31-35-39-45(50)51-40-36-32-28-24-20-17-18-22-26-30-34-38-44(49)46-42(41-47)43(48)37-33-29-25-21-12-10-8-6-4-2/h14-15,33,37,42-43,47-48H,3-13,16-32,34-36,38-41H2,1-2H3,(H,46,49)/b15-14-,37-33+. The van der Waals surface area contributed by atoms with Gasteiger partial charge < -0.3 is 20.3 Å². The Morgan fingerprint density at radius 1 is 0.529 bits per heavy atom. The molecule has 0 aromatic carbocycles. The summed E-state index contributed by atoms with van der Waals surface area (Å²) in [5, 5.41) is 22.8. The zero-order chi connectivity index (χ0) is 37.3. The molecule has 0 spiro atoms. The largest absolute Gasteiger partial charge is 0.466 e. The van der Waals surface area contributed by atoms with Gasteiger partial charge in [-0.25, -0.2) is 0 Å². The van der Waals surface area contributed by atoms with Gasteiger partial charge in [-0.3, -0.25) is 9.59 Å². The number of hydrogen-bond donors (Lipinski definition) is 3. The molecule has 2 unspecified atom stereocenters. The van der Waals surface area contributed by atoms with Gasteiger partial charge in [-0.2, -0.15) is 0 Å². The molecular formula is C45H85NO5. The quantitative estimate of drug-likeness (QED) is 0.0333. The van der Waals surface area contributed by atoms with E-state index in [-0.39, 0.29) is 18.5 Å². The molecule has 0 heterocycles. The second-order valence-corrected chi connectivity index (χ2v) is 15.0. The monoisotopic (exact) mass is 720 g/mol. The normalized spacial score (nSPS) is 12.9. The van der Waals surface area contributed by atoms with Gasteiger partial charge in [-0.1, -0.05) is 179 Å². The van der Waals surface area contributed by atoms with Crippen LogP contribution in [0, 0.1) is 0 Å². The molecule has 6 heteroatoms. The van der Waals surface area contributed by atoms with E-state index in [1.54, 1.807) is 6.08 Å². The van der Waals surface area contributed by atoms with E-state index >= 15 is 0 Å². The SMILES string of the molecule is CCCCCCC/C=C\CCCCCCCC(=O)OCCCCCCCCCCCCCC(=O)NC(CO)C(O)/C=C/CCCCCCCCC. The van der Waals surface area contributed by atoms with Crippen LogP contribution in [-0.4, -0.2) is 47.4 Å². The fourth-order valence-electron chi connectivity index (χ4n) is 6.51. The van der Waals surface area contributed by atoms with E-state index in [4.69, 9.17) is 4.74 Å². The van der Waals surface area contributed by atoms with Gasteiger partial charge in [-0.05, 0) is 57.8 Å². The number of aliphatic hydroxyl groups is 2. The highest BCUT2D eigenvalue weighted by atomic mass is 16.5. The highest BCUT2D eigenvalue weighted by Crippen LogP contribution is 2.14. The summed E-state index contributed by atoms with van der Waals surface area (Å²) in [6.45, 7) is 4.80. The van der Waals surface area contributed by atoms with E-state index in [2.05, 4.69) is 31.3 Å². The topological polar surface area (TPSA) is 95.9 Å². The predicted octanol–water partition coefficient (Wildman–Crippen LogP) is 12.4. The summed E-state index contributed by atoms with van der Waals surface area (Å²) in [6.07, 6.45) is 45.9. The Hall–Kier alpha value is -1.66. The van der Waals surface area contributed by atoms with Crippen LogP contribution in [0.3, 0.4) is 0 Å². The Morgan fingerprint density at radius 3 is 1.39 bits per heavy atom. The van der Waals surface area contributed by atoms with Crippen LogP contribution in [0.15, 0.2) is 24.3 Å². The number of hydrogen-bond acceptors (Lipinski definition) is 5. The minimum absolute atomic E-state index is 0.0253. The van der Waals surface area contributed by atoms with Crippen LogP contribution < -0.4 is 5.32 Å². The molecule has 0 saturated heterocycles. The summed E-state index contributed by atoms with van der Waals surface area (Å²) in [6, 6.07) is -0.639. The predicted molar refractivity (Wildman–Crippen MR) is 218 cm³/mol. The molecular weight excluding hydrogens is 634 g/mol. The molecule has 0 saturated carbocycles. The van der Waals surface area contributed by atoms with E-state index in [1.807, 2.05) is 6.08 Å². The molecule has 51 heavy (non-hydrogen) atoms. The average Bonchev–Trinajstić information content (AvgIpc) is 3.13. The van der Waals surface area contributed by atoms with Gasteiger partial charge in [0.05, 0.1) is 25.4 Å². The van der Waals surface area contributed by atoms with Gasteiger partial charge in [0.15, 0.2) is 0 Å². The first-order valence-corrected chi connectivity index (χ1v) is 22.1. The van der Waals surface area contributed by atoms with Crippen LogP contribution in [0.25, 0.3) is 0 Å². The van der Waals surface area contributed by atoms with Crippen molar-refractivity contribution in [2.24, 2.45) is 0 Å². The lowest BCUT2D eigenvalue weighted by Gasteiger charge is -2.20. The van der Waals surface area contributed by atoms with E-state index in [0.717, 1.165) is 57.8 Å². The number of rotatable bonds is 40. The molecule has 0 aromatic rings. The van der Waals surface area contributed by atoms with Crippen LogP contribution in [0.5, 0.6) is 0 Å². The Bertz CT molecular complexity index is 797. The van der Waals surface area contributed by atoms with Gasteiger partial charge >= 0.3 is 5.97 Å². The molecule has 0 rings (SSSR count). The molecule has 1 amide bonds. The molecule has 300 valence electrons. The third kappa shape index (κ3) is 37.9. The zero-order valence-corrected chi connectivity index (χ0v) is 33.8. The van der Waals surface area contributed by atoms with Gasteiger partial charge in [-0.15, -0.1) is 0 Å². The number of carbonyl (C=O) groups is 2. The molecule has 0 aliphatic rings. The van der Waals surface area contributed by atoms with Gasteiger partial charge in [0.25, 0.3) is 0 Å². The van der Waals surface area contributed by atoms with Crippen LogP contribution in [0.4, 0.5) is 0 Å². The fourth-order valence-corrected chi connectivity index (χ4v) is 6.51. The van der Waals surface area contributed by atoms with Crippen LogP contribution in [0.2, 0.25) is 0 Å². The number of allylic oxidation sites excluding steroid dienone is 3. The Labute approximate surface area is 316 Å². The average molecular weight is 720 g/mol. The second-order valence-electron chi connectivity index (χ2n) is 15.0. The molecule has 0 radical (unpaired) electrons. The van der Waals surface area contributed by atoms with Crippen molar-refractivity contribution in [3.8, 4) is 0 Å². The zero-order valence-electron chi connectivity index (χ0n) is 33.8. The molecule has 2 atom stereocenters. The van der Waals surface area contributed by atoms with Crippen molar-refractivity contribution in [1.29, 1.82) is 0 Å². The smallest absolute Gasteiger partial charge is 0.305 e. The maximum atomic E-state index is 12.3. The van der Waals surface area contributed by atoms with E-state index in [9.17, 15) is 19.8 Å². The Morgan fingerprint density at radius 2 is 0.922 bits per heavy atom. The van der Waals surface area contributed by atoms with E-state index < -0.39 is 12.1 Å². The first-order valence-electron chi connectivity index (χ1n) is 22.1. The summed E-state index contributed by atoms with van der Waals surface area (Å²) in [5.74, 6) is -0.116. The Kier molecular flexibility index (Phi) is 39.8. The summed E-state index contributed by atoms with van der Waals surface area (Å²) in [5.41, 5.74) is 0. The minimum atomic E-state index is -0.854. The van der Waals surface area contributed by atoms with Gasteiger partial charge in [0.1, 0.15) is 0 Å². The van der Waals surface area contributed by atoms with E-state index in [0.29, 0.717) is 19.4 Å². The van der Waals surface area contributed by atoms with Crippen molar-refractivity contribution in [3.05, 3.63) is 24.3 Å². The summed E-state index contributed by atoms with van der Waals surface area (Å²) >= 11 is 0. The van der Waals surface area contributed by atoms with Crippen molar-refractivity contribution < 1.29 is 24.5 Å². The second kappa shape index (κ2) is 41.1. The minimum Gasteiger partial charge on any atom is -0.466 e. The lowest BCUT2D eigenvalue weighted by molar-refractivity contribution is -0.143. The molecule has 3 N–H and O–H groups in total. The van der Waals surface area contributed by atoms with Crippen molar-refractivity contribution >= 4 is 11.9 Å². The van der Waals surface area contributed by atoms with Crippen molar-refractivity contribution in [2.45, 2.75) is 238 Å². The number of unbranched alkanes of at least 4 members (excludes halogenated alkanes) is 27. The van der Waals surface area contributed by atoms with Crippen molar-refractivity contribution in [2.75, 3.05) is 13.2 Å². The number of aliphatic hydroxyl groups excluding tert-OH is 2. The number of carbonyl (C=O) groups excluding carboxylic acids is 2. The summed E-state index contributed by atoms with van der Waals surface area (Å²) in [7, 11) is 0. The fraction of sp³-hybridized carbons (Fsp3) is 0.867. The molecule has 0 fully saturated rings. The lowest BCUT2D eigenvalue weighted by atomic mass is 10.0. The van der Waals surface area contributed by atoms with Crippen LogP contribution in [0.1, 0.15) is 226 Å². The number of amides is 1. The van der Waals surface area contributed by atoms with Crippen molar-refractivity contribution in [3.63, 3.8) is 0 Å². The van der Waals surface area contributed by atoms with E-state index in [1.165, 1.54) is 141 Å². The van der Waals surface area contributed by atoms with Crippen LogP contribution >= 0.6 is 0 Å². The maximum Gasteiger partial charge on any atom is 0.305 e. The molecule has 6 nitrogen and oxygen atoms in total. The van der Waals surface area contributed by atoms with Gasteiger partial charge in [0.2, 0.25) is 5.91 Å². The Balaban J connectivity index is 3.49. The third-order valence-corrected chi connectivity index (χ3v) is 9.97. The summed E-state index contributed by atoms with van der Waals surface area (Å²) in [4.78, 5) is 24.3. The number of esters is 1. The van der Waals surface area contributed by atoms with Crippen LogP contribution in [-0.2, 0) is 14.3 Å². The maximum absolute atomic E-state index is 12.3. The molecule has 0 bridgehead atoms. The highest BCUT2D eigenvalue weighted by Gasteiger charge is 2.18. The highest BCUT2D eigenvalue weighted by molar-refractivity contribution is 5.76. The number of ether oxygens (including phenoxy) is 1. The first kappa shape index (κ1) is 49.3. The molecule has 0 aromatic heterocycles. The summed E-state index contributed by atoms with van der Waals surface area (Å²) < 4.78 is 5.43. The first-order chi connectivity index (χ1) is 25.0. The molecule has 0 aliphatic heterocycles. The molecule has 0 aliphatic carbocycles. The lowest BCUT2D eigenvalue weighted by Crippen LogP contribution is -2.45. The van der Waals surface area contributed by atoms with Gasteiger partial charge in [0, 0.05) is 12.8 Å². The third-order valence-electron chi connectivity index (χ3n) is 9.97. The number of nitrogens with one attached hydrogen (secondary N) is 1.